The van der Waals surface area contributed by atoms with Gasteiger partial charge in [0.25, 0.3) is 0 Å². The van der Waals surface area contributed by atoms with Crippen molar-refractivity contribution in [2.24, 2.45) is 0 Å². The average molecular weight is 246 g/mol. The number of hydrogen-bond donors (Lipinski definition) is 3. The van der Waals surface area contributed by atoms with Gasteiger partial charge in [-0.25, -0.2) is 0 Å². The molecule has 0 aliphatic heterocycles. The van der Waals surface area contributed by atoms with E-state index >= 15 is 0 Å². The Morgan fingerprint density at radius 2 is 2.17 bits per heavy atom. The van der Waals surface area contributed by atoms with Gasteiger partial charge in [0.05, 0.1) is 0 Å². The van der Waals surface area contributed by atoms with Crippen molar-refractivity contribution < 1.29 is 9.90 Å². The van der Waals surface area contributed by atoms with Gasteiger partial charge in [-0.05, 0) is 25.1 Å². The molecule has 1 unspecified atom stereocenters. The number of rotatable bonds is 4. The number of fused-ring (bicyclic) bond motifs is 1. The summed E-state index contributed by atoms with van der Waals surface area (Å²) in [5.74, 6) is -0.929. The first-order chi connectivity index (χ1) is 8.61. The molecule has 18 heavy (non-hydrogen) atoms. The second-order valence-corrected chi connectivity index (χ2v) is 4.09. The van der Waals surface area contributed by atoms with Crippen LogP contribution in [0.15, 0.2) is 35.1 Å². The van der Waals surface area contributed by atoms with E-state index in [9.17, 15) is 9.59 Å². The zero-order chi connectivity index (χ0) is 13.1. The van der Waals surface area contributed by atoms with Crippen LogP contribution in [0.5, 0.6) is 0 Å². The van der Waals surface area contributed by atoms with Crippen LogP contribution < -0.4 is 10.9 Å². The van der Waals surface area contributed by atoms with Gasteiger partial charge in [0.2, 0.25) is 5.56 Å². The molecular formula is C13H14N2O3. The molecule has 0 radical (unpaired) electrons. The Bertz CT molecular complexity index is 633. The molecule has 1 aromatic carbocycles. The van der Waals surface area contributed by atoms with Crippen molar-refractivity contribution >= 4 is 16.9 Å². The summed E-state index contributed by atoms with van der Waals surface area (Å²) < 4.78 is 0. The Kier molecular flexibility index (Phi) is 3.43. The fraction of sp³-hybridized carbons (Fsp3) is 0.231. The lowest BCUT2D eigenvalue weighted by molar-refractivity contribution is -0.139. The molecule has 0 amide bonds. The van der Waals surface area contributed by atoms with Crippen molar-refractivity contribution in [1.82, 2.24) is 10.3 Å². The maximum absolute atomic E-state index is 11.5. The molecule has 1 atom stereocenters. The highest BCUT2D eigenvalue weighted by atomic mass is 16.4. The summed E-state index contributed by atoms with van der Waals surface area (Å²) in [6.07, 6.45) is 0.274. The minimum Gasteiger partial charge on any atom is -0.480 e. The molecule has 5 heteroatoms. The summed E-state index contributed by atoms with van der Waals surface area (Å²) in [5.41, 5.74) is 1.24. The van der Waals surface area contributed by atoms with Gasteiger partial charge in [0.15, 0.2) is 0 Å². The average Bonchev–Trinajstić information content (AvgIpc) is 2.35. The normalized spacial score (nSPS) is 12.5. The molecule has 2 rings (SSSR count). The van der Waals surface area contributed by atoms with Crippen LogP contribution in [0.4, 0.5) is 0 Å². The molecule has 0 saturated carbocycles. The van der Waals surface area contributed by atoms with Gasteiger partial charge in [-0.15, -0.1) is 0 Å². The summed E-state index contributed by atoms with van der Waals surface area (Å²) >= 11 is 0. The van der Waals surface area contributed by atoms with E-state index in [1.54, 1.807) is 13.1 Å². The predicted molar refractivity (Wildman–Crippen MR) is 68.8 cm³/mol. The van der Waals surface area contributed by atoms with Gasteiger partial charge in [0.1, 0.15) is 6.04 Å². The third kappa shape index (κ3) is 2.41. The number of hydrogen-bond acceptors (Lipinski definition) is 3. The number of aromatic amines is 1. The minimum atomic E-state index is -0.929. The van der Waals surface area contributed by atoms with Crippen molar-refractivity contribution in [3.05, 3.63) is 46.2 Å². The van der Waals surface area contributed by atoms with Crippen molar-refractivity contribution in [2.75, 3.05) is 7.05 Å². The summed E-state index contributed by atoms with van der Waals surface area (Å²) in [6, 6.07) is 8.11. The molecule has 0 saturated heterocycles. The molecule has 1 aromatic heterocycles. The Balaban J connectivity index is 2.50. The fourth-order valence-corrected chi connectivity index (χ4v) is 1.98. The molecule has 94 valence electrons. The van der Waals surface area contributed by atoms with E-state index in [4.69, 9.17) is 5.11 Å². The van der Waals surface area contributed by atoms with Crippen LogP contribution in [-0.2, 0) is 11.2 Å². The van der Waals surface area contributed by atoms with E-state index in [2.05, 4.69) is 10.3 Å². The zero-order valence-corrected chi connectivity index (χ0v) is 9.93. The SMILES string of the molecule is CNC(Cc1cc(=O)[nH]c2ccccc12)C(=O)O. The molecule has 2 aromatic rings. The number of likely N-dealkylation sites (N-methyl/N-ethyl adjacent to an activating group) is 1. The van der Waals surface area contributed by atoms with Crippen molar-refractivity contribution in [3.63, 3.8) is 0 Å². The molecule has 0 aliphatic carbocycles. The van der Waals surface area contributed by atoms with E-state index < -0.39 is 12.0 Å². The van der Waals surface area contributed by atoms with E-state index in [-0.39, 0.29) is 12.0 Å². The second-order valence-electron chi connectivity index (χ2n) is 4.09. The monoisotopic (exact) mass is 246 g/mol. The molecule has 5 nitrogen and oxygen atoms in total. The number of pyridine rings is 1. The minimum absolute atomic E-state index is 0.219. The van der Waals surface area contributed by atoms with Crippen LogP contribution in [0.3, 0.4) is 0 Å². The molecular weight excluding hydrogens is 232 g/mol. The lowest BCUT2D eigenvalue weighted by Gasteiger charge is -2.12. The highest BCUT2D eigenvalue weighted by Gasteiger charge is 2.17. The summed E-state index contributed by atoms with van der Waals surface area (Å²) in [4.78, 5) is 25.3. The number of carbonyl (C=O) groups is 1. The van der Waals surface area contributed by atoms with Gasteiger partial charge in [-0.2, -0.15) is 0 Å². The summed E-state index contributed by atoms with van der Waals surface area (Å²) in [5, 5.41) is 12.6. The first-order valence-electron chi connectivity index (χ1n) is 5.63. The van der Waals surface area contributed by atoms with Crippen LogP contribution >= 0.6 is 0 Å². The number of nitrogens with one attached hydrogen (secondary N) is 2. The second kappa shape index (κ2) is 5.01. The zero-order valence-electron chi connectivity index (χ0n) is 9.93. The largest absolute Gasteiger partial charge is 0.480 e. The predicted octanol–water partition coefficient (Wildman–Crippen LogP) is 0.743. The summed E-state index contributed by atoms with van der Waals surface area (Å²) in [7, 11) is 1.59. The smallest absolute Gasteiger partial charge is 0.321 e. The maximum atomic E-state index is 11.5. The van der Waals surface area contributed by atoms with E-state index in [0.717, 1.165) is 16.5 Å². The maximum Gasteiger partial charge on any atom is 0.321 e. The topological polar surface area (TPSA) is 82.2 Å². The van der Waals surface area contributed by atoms with Crippen molar-refractivity contribution in [2.45, 2.75) is 12.5 Å². The Morgan fingerprint density at radius 3 is 2.83 bits per heavy atom. The lowest BCUT2D eigenvalue weighted by Crippen LogP contribution is -2.36. The molecule has 0 spiro atoms. The van der Waals surface area contributed by atoms with Crippen LogP contribution in [0.1, 0.15) is 5.56 Å². The van der Waals surface area contributed by atoms with Crippen LogP contribution in [0, 0.1) is 0 Å². The van der Waals surface area contributed by atoms with Gasteiger partial charge < -0.3 is 15.4 Å². The third-order valence-corrected chi connectivity index (χ3v) is 2.91. The van der Waals surface area contributed by atoms with E-state index in [1.165, 1.54) is 6.07 Å². The Morgan fingerprint density at radius 1 is 1.44 bits per heavy atom. The highest BCUT2D eigenvalue weighted by molar-refractivity contribution is 5.83. The van der Waals surface area contributed by atoms with Crippen molar-refractivity contribution in [3.8, 4) is 0 Å². The van der Waals surface area contributed by atoms with Crippen molar-refractivity contribution in [1.29, 1.82) is 0 Å². The number of carboxylic acid groups (broad SMARTS) is 1. The number of benzene rings is 1. The first-order valence-corrected chi connectivity index (χ1v) is 5.63. The quantitative estimate of drug-likeness (QED) is 0.743. The third-order valence-electron chi connectivity index (χ3n) is 2.91. The standard InChI is InChI=1S/C13H14N2O3/c1-14-11(13(17)18)6-8-7-12(16)15-10-5-3-2-4-9(8)10/h2-5,7,11,14H,6H2,1H3,(H,15,16)(H,17,18). The van der Waals surface area contributed by atoms with Crippen LogP contribution in [0.2, 0.25) is 0 Å². The van der Waals surface area contributed by atoms with Crippen LogP contribution in [-0.4, -0.2) is 29.1 Å². The Hall–Kier alpha value is -2.14. The molecule has 0 bridgehead atoms. The molecule has 0 aliphatic rings. The first kappa shape index (κ1) is 12.3. The van der Waals surface area contributed by atoms with Gasteiger partial charge in [0, 0.05) is 17.0 Å². The molecule has 0 fully saturated rings. The number of carboxylic acids is 1. The van der Waals surface area contributed by atoms with Gasteiger partial charge >= 0.3 is 5.97 Å². The number of H-pyrrole nitrogens is 1. The number of aliphatic carboxylic acids is 1. The summed E-state index contributed by atoms with van der Waals surface area (Å²) in [6.45, 7) is 0. The lowest BCUT2D eigenvalue weighted by atomic mass is 10.0. The number of para-hydroxylation sites is 1. The van der Waals surface area contributed by atoms with E-state index in [1.807, 2.05) is 18.2 Å². The van der Waals surface area contributed by atoms with E-state index in [0.29, 0.717) is 0 Å². The molecule has 3 N–H and O–H groups in total. The number of aromatic nitrogens is 1. The highest BCUT2D eigenvalue weighted by Crippen LogP contribution is 2.16. The fourth-order valence-electron chi connectivity index (χ4n) is 1.98. The van der Waals surface area contributed by atoms with Crippen LogP contribution in [0.25, 0.3) is 10.9 Å². The Labute approximate surface area is 103 Å². The van der Waals surface area contributed by atoms with Gasteiger partial charge in [-0.3, -0.25) is 9.59 Å². The van der Waals surface area contributed by atoms with Gasteiger partial charge in [-0.1, -0.05) is 18.2 Å². The molecule has 1 heterocycles.